The molecule has 194 valence electrons. The van der Waals surface area contributed by atoms with Crippen LogP contribution in [-0.4, -0.2) is 75.2 Å². The summed E-state index contributed by atoms with van der Waals surface area (Å²) in [5, 5.41) is 0. The minimum absolute atomic E-state index is 0.308. The monoisotopic (exact) mass is 501 g/mol. The fraction of sp³-hybridized carbons (Fsp3) is 0.536. The Kier molecular flexibility index (Phi) is 6.13. The van der Waals surface area contributed by atoms with Gasteiger partial charge in [0.05, 0.1) is 22.2 Å². The highest BCUT2D eigenvalue weighted by Crippen LogP contribution is 2.36. The quantitative estimate of drug-likeness (QED) is 0.523. The molecule has 37 heavy (non-hydrogen) atoms. The number of amides is 1. The van der Waals surface area contributed by atoms with Gasteiger partial charge in [-0.1, -0.05) is 6.07 Å². The summed E-state index contributed by atoms with van der Waals surface area (Å²) < 4.78 is 12.4. The summed E-state index contributed by atoms with van der Waals surface area (Å²) >= 11 is 0. The van der Waals surface area contributed by atoms with E-state index < -0.39 is 7.12 Å². The van der Waals surface area contributed by atoms with Crippen LogP contribution in [0, 0.1) is 5.92 Å². The summed E-state index contributed by atoms with van der Waals surface area (Å²) in [6, 6.07) is 10.4. The maximum Gasteiger partial charge on any atom is 0.494 e. The van der Waals surface area contributed by atoms with Gasteiger partial charge in [-0.2, -0.15) is 0 Å². The second-order valence-electron chi connectivity index (χ2n) is 11.8. The van der Waals surface area contributed by atoms with Crippen LogP contribution in [0.2, 0.25) is 0 Å². The first kappa shape index (κ1) is 24.6. The zero-order valence-electron chi connectivity index (χ0n) is 22.3. The normalized spacial score (nSPS) is 21.6. The number of fused-ring (bicyclic) bond motifs is 1. The van der Waals surface area contributed by atoms with Crippen LogP contribution < -0.4 is 5.46 Å². The van der Waals surface area contributed by atoms with Crippen molar-refractivity contribution >= 4 is 29.5 Å². The molecule has 3 aromatic rings. The van der Waals surface area contributed by atoms with Gasteiger partial charge in [-0.05, 0) is 75.8 Å². The van der Waals surface area contributed by atoms with Gasteiger partial charge < -0.3 is 19.2 Å². The van der Waals surface area contributed by atoms with Gasteiger partial charge in [-0.25, -0.2) is 4.98 Å². The summed E-state index contributed by atoms with van der Waals surface area (Å²) in [6.07, 6.45) is 4.67. The van der Waals surface area contributed by atoms with Crippen molar-refractivity contribution in [3.05, 3.63) is 53.6 Å². The molecule has 2 aromatic heterocycles. The number of hydrogen-bond donors (Lipinski definition) is 1. The predicted molar refractivity (Wildman–Crippen MR) is 143 cm³/mol. The molecule has 0 unspecified atom stereocenters. The second-order valence-corrected chi connectivity index (χ2v) is 11.8. The lowest BCUT2D eigenvalue weighted by atomic mass is 9.79. The molecular weight excluding hydrogens is 465 g/mol. The summed E-state index contributed by atoms with van der Waals surface area (Å²) in [5.74, 6) is 1.56. The third kappa shape index (κ3) is 5.04. The Balaban J connectivity index is 1.10. The van der Waals surface area contributed by atoms with Crippen LogP contribution in [0.4, 0.5) is 0 Å². The van der Waals surface area contributed by atoms with E-state index in [1.807, 2.05) is 23.2 Å². The highest BCUT2D eigenvalue weighted by atomic mass is 16.7. The number of carbonyl (C=O) groups excluding carboxylic acids is 1. The van der Waals surface area contributed by atoms with Gasteiger partial charge in [-0.3, -0.25) is 14.7 Å². The van der Waals surface area contributed by atoms with Gasteiger partial charge in [0.25, 0.3) is 0 Å². The second kappa shape index (κ2) is 9.22. The molecule has 1 amide bonds. The van der Waals surface area contributed by atoms with Crippen molar-refractivity contribution in [3.8, 4) is 0 Å². The number of piperazine rings is 1. The van der Waals surface area contributed by atoms with E-state index >= 15 is 0 Å². The number of imidazole rings is 1. The Bertz CT molecular complexity index is 1290. The first-order valence-electron chi connectivity index (χ1n) is 13.5. The number of H-pyrrole nitrogens is 1. The molecule has 4 heterocycles. The van der Waals surface area contributed by atoms with Gasteiger partial charge >= 0.3 is 7.12 Å². The van der Waals surface area contributed by atoms with Crippen LogP contribution in [0.1, 0.15) is 57.6 Å². The fourth-order valence-corrected chi connectivity index (χ4v) is 5.16. The highest BCUT2D eigenvalue weighted by Gasteiger charge is 2.51. The topological polar surface area (TPSA) is 83.6 Å². The number of hydrogen-bond acceptors (Lipinski definition) is 6. The maximum absolute atomic E-state index is 12.3. The lowest BCUT2D eigenvalue weighted by Gasteiger charge is -2.35. The highest BCUT2D eigenvalue weighted by molar-refractivity contribution is 6.62. The van der Waals surface area contributed by atoms with Crippen molar-refractivity contribution in [1.82, 2.24) is 24.8 Å². The number of nitrogens with one attached hydrogen (secondary N) is 1. The Morgan fingerprint density at radius 2 is 1.78 bits per heavy atom. The molecule has 1 aliphatic carbocycles. The van der Waals surface area contributed by atoms with Crippen molar-refractivity contribution in [2.45, 2.75) is 64.7 Å². The van der Waals surface area contributed by atoms with Crippen molar-refractivity contribution in [2.24, 2.45) is 5.92 Å². The van der Waals surface area contributed by atoms with Crippen LogP contribution in [-0.2, 0) is 27.1 Å². The van der Waals surface area contributed by atoms with E-state index in [-0.39, 0.29) is 11.2 Å². The molecule has 2 saturated heterocycles. The number of aromatic nitrogens is 3. The van der Waals surface area contributed by atoms with E-state index in [9.17, 15) is 4.79 Å². The van der Waals surface area contributed by atoms with E-state index in [0.717, 1.165) is 73.6 Å². The van der Waals surface area contributed by atoms with Crippen molar-refractivity contribution in [2.75, 3.05) is 26.2 Å². The molecule has 1 aromatic carbocycles. The molecule has 1 saturated carbocycles. The summed E-state index contributed by atoms with van der Waals surface area (Å²) in [6.45, 7) is 12.6. The van der Waals surface area contributed by atoms with Gasteiger partial charge in [-0.15, -0.1) is 0 Å². The van der Waals surface area contributed by atoms with Gasteiger partial charge in [0.15, 0.2) is 0 Å². The lowest BCUT2D eigenvalue weighted by molar-refractivity contribution is -0.134. The smallest absolute Gasteiger partial charge is 0.399 e. The van der Waals surface area contributed by atoms with E-state index in [0.29, 0.717) is 18.2 Å². The fourth-order valence-electron chi connectivity index (χ4n) is 5.16. The number of benzene rings is 1. The molecule has 2 aliphatic heterocycles. The molecule has 9 heteroatoms. The summed E-state index contributed by atoms with van der Waals surface area (Å²) in [5.41, 5.74) is 4.37. The zero-order chi connectivity index (χ0) is 25.8. The number of nitrogens with zero attached hydrogens (tertiary/aromatic N) is 4. The summed E-state index contributed by atoms with van der Waals surface area (Å²) in [4.78, 5) is 29.7. The number of pyridine rings is 1. The minimum atomic E-state index is -0.395. The Labute approximate surface area is 218 Å². The lowest BCUT2D eigenvalue weighted by Crippen LogP contribution is -2.48. The molecule has 1 N–H and O–H groups in total. The largest absolute Gasteiger partial charge is 0.494 e. The van der Waals surface area contributed by atoms with E-state index in [4.69, 9.17) is 14.3 Å². The SMILES string of the molecule is CC1(C)OB(c2ccc3nc(Cc4cc(CN5CCN(C(=O)C6CC6)CC5)ccn4)[nH]c3c2)OC1(C)C. The first-order valence-corrected chi connectivity index (χ1v) is 13.5. The van der Waals surface area contributed by atoms with Gasteiger partial charge in [0.2, 0.25) is 5.91 Å². The Morgan fingerprint density at radius 3 is 2.49 bits per heavy atom. The third-order valence-electron chi connectivity index (χ3n) is 8.33. The molecule has 3 fully saturated rings. The van der Waals surface area contributed by atoms with Crippen LogP contribution >= 0.6 is 0 Å². The van der Waals surface area contributed by atoms with Crippen LogP contribution in [0.25, 0.3) is 11.0 Å². The Hall–Kier alpha value is -2.75. The summed E-state index contributed by atoms with van der Waals surface area (Å²) in [7, 11) is -0.395. The molecule has 8 nitrogen and oxygen atoms in total. The standard InChI is InChI=1S/C28H36BN5O3/c1-27(2)28(3,4)37-29(36-27)21-7-8-23-24(16-21)32-25(31-23)17-22-15-19(9-10-30-22)18-33-11-13-34(14-12-33)26(35)20-5-6-20/h7-10,15-16,20H,5-6,11-14,17-18H2,1-4H3,(H,31,32). The number of carbonyl (C=O) groups is 1. The van der Waals surface area contributed by atoms with Crippen molar-refractivity contribution < 1.29 is 14.1 Å². The molecule has 6 rings (SSSR count). The maximum atomic E-state index is 12.3. The average Bonchev–Trinajstić information content (AvgIpc) is 3.58. The minimum Gasteiger partial charge on any atom is -0.399 e. The van der Waals surface area contributed by atoms with Gasteiger partial charge in [0, 0.05) is 57.0 Å². The predicted octanol–water partition coefficient (Wildman–Crippen LogP) is 2.90. The molecule has 0 atom stereocenters. The molecule has 0 spiro atoms. The molecule has 3 aliphatic rings. The molecule has 0 bridgehead atoms. The third-order valence-corrected chi connectivity index (χ3v) is 8.33. The van der Waals surface area contributed by atoms with E-state index in [1.165, 1.54) is 5.56 Å². The van der Waals surface area contributed by atoms with E-state index in [2.05, 4.69) is 60.8 Å². The van der Waals surface area contributed by atoms with Crippen LogP contribution in [0.5, 0.6) is 0 Å². The Morgan fingerprint density at radius 1 is 1.05 bits per heavy atom. The van der Waals surface area contributed by atoms with Crippen molar-refractivity contribution in [1.29, 1.82) is 0 Å². The van der Waals surface area contributed by atoms with Gasteiger partial charge in [0.1, 0.15) is 5.82 Å². The first-order chi connectivity index (χ1) is 17.7. The average molecular weight is 501 g/mol. The van der Waals surface area contributed by atoms with Crippen LogP contribution in [0.15, 0.2) is 36.5 Å². The molecular formula is C28H36BN5O3. The molecule has 0 radical (unpaired) electrons. The van der Waals surface area contributed by atoms with E-state index in [1.54, 1.807) is 0 Å². The number of rotatable bonds is 6. The zero-order valence-corrected chi connectivity index (χ0v) is 22.3. The van der Waals surface area contributed by atoms with Crippen LogP contribution in [0.3, 0.4) is 0 Å². The number of aromatic amines is 1. The van der Waals surface area contributed by atoms with Crippen molar-refractivity contribution in [3.63, 3.8) is 0 Å².